The highest BCUT2D eigenvalue weighted by Gasteiger charge is 2.51. The van der Waals surface area contributed by atoms with Crippen LogP contribution in [0.2, 0.25) is 0 Å². The third-order valence-electron chi connectivity index (χ3n) is 11.2. The Morgan fingerprint density at radius 3 is 2.00 bits per heavy atom. The minimum atomic E-state index is -0.420. The summed E-state index contributed by atoms with van der Waals surface area (Å²) in [6, 6.07) is 59.7. The lowest BCUT2D eigenvalue weighted by Gasteiger charge is -2.33. The van der Waals surface area contributed by atoms with E-state index in [0.717, 1.165) is 45.4 Å². The van der Waals surface area contributed by atoms with E-state index in [9.17, 15) is 0 Å². The van der Waals surface area contributed by atoms with E-state index in [4.69, 9.17) is 4.42 Å². The molecule has 0 aliphatic heterocycles. The lowest BCUT2D eigenvalue weighted by Crippen LogP contribution is -2.27. The zero-order chi connectivity index (χ0) is 34.8. The Labute approximate surface area is 304 Å². The molecule has 7 aromatic carbocycles. The van der Waals surface area contributed by atoms with E-state index < -0.39 is 5.41 Å². The number of para-hydroxylation sites is 1. The summed E-state index contributed by atoms with van der Waals surface area (Å²) in [4.78, 5) is 2.42. The van der Waals surface area contributed by atoms with Crippen molar-refractivity contribution in [2.45, 2.75) is 25.7 Å². The maximum atomic E-state index is 6.29. The van der Waals surface area contributed by atoms with Crippen LogP contribution < -0.4 is 4.90 Å². The second-order valence-electron chi connectivity index (χ2n) is 14.0. The summed E-state index contributed by atoms with van der Waals surface area (Å²) in [6.45, 7) is 4.52. The first-order chi connectivity index (χ1) is 25.7. The van der Waals surface area contributed by atoms with Crippen LogP contribution >= 0.6 is 0 Å². The fourth-order valence-corrected chi connectivity index (χ4v) is 8.94. The van der Waals surface area contributed by atoms with Crippen LogP contribution in [0.4, 0.5) is 17.1 Å². The number of allylic oxidation sites excluding steroid dienone is 4. The minimum Gasteiger partial charge on any atom is -0.456 e. The summed E-state index contributed by atoms with van der Waals surface area (Å²) < 4.78 is 6.29. The number of fused-ring (bicyclic) bond motifs is 10. The van der Waals surface area contributed by atoms with Crippen LogP contribution in [0.15, 0.2) is 186 Å². The van der Waals surface area contributed by atoms with Gasteiger partial charge in [0.15, 0.2) is 0 Å². The zero-order valence-corrected chi connectivity index (χ0v) is 29.3. The normalized spacial score (nSPS) is 15.9. The van der Waals surface area contributed by atoms with Gasteiger partial charge >= 0.3 is 0 Å². The minimum absolute atomic E-state index is 0.420. The quantitative estimate of drug-likeness (QED) is 0.175. The molecule has 1 heterocycles. The number of anilines is 3. The van der Waals surface area contributed by atoms with Gasteiger partial charge in [-0.15, -0.1) is 0 Å². The average molecular weight is 668 g/mol. The summed E-state index contributed by atoms with van der Waals surface area (Å²) in [5.41, 5.74) is 17.7. The molecule has 0 saturated heterocycles. The van der Waals surface area contributed by atoms with E-state index in [-0.39, 0.29) is 0 Å². The van der Waals surface area contributed by atoms with Gasteiger partial charge in [0.1, 0.15) is 11.2 Å². The van der Waals surface area contributed by atoms with Crippen LogP contribution in [0.3, 0.4) is 0 Å². The Bertz CT molecular complexity index is 2750. The Morgan fingerprint density at radius 2 is 1.15 bits per heavy atom. The second kappa shape index (κ2) is 11.9. The number of hydrogen-bond acceptors (Lipinski definition) is 2. The van der Waals surface area contributed by atoms with Crippen molar-refractivity contribution in [3.05, 3.63) is 204 Å². The molecule has 2 aliphatic carbocycles. The fraction of sp³-hybridized carbons (Fsp3) is 0.0800. The fourth-order valence-electron chi connectivity index (χ4n) is 8.94. The lowest BCUT2D eigenvalue weighted by molar-refractivity contribution is 0.669. The number of benzene rings is 7. The number of furan rings is 1. The highest BCUT2D eigenvalue weighted by molar-refractivity contribution is 6.07. The third kappa shape index (κ3) is 4.37. The topological polar surface area (TPSA) is 16.4 Å². The summed E-state index contributed by atoms with van der Waals surface area (Å²) in [5.74, 6) is 0. The molecule has 0 saturated carbocycles. The van der Waals surface area contributed by atoms with Crippen LogP contribution in [-0.4, -0.2) is 0 Å². The first-order valence-corrected chi connectivity index (χ1v) is 18.3. The Kier molecular flexibility index (Phi) is 6.94. The Balaban J connectivity index is 1.25. The summed E-state index contributed by atoms with van der Waals surface area (Å²) in [7, 11) is 0. The predicted molar refractivity (Wildman–Crippen MR) is 218 cm³/mol. The molecule has 0 radical (unpaired) electrons. The van der Waals surface area contributed by atoms with Gasteiger partial charge in [-0.3, -0.25) is 0 Å². The van der Waals surface area contributed by atoms with Gasteiger partial charge in [0, 0.05) is 27.8 Å². The number of hydrogen-bond donors (Lipinski definition) is 0. The second-order valence-corrected chi connectivity index (χ2v) is 14.0. The average Bonchev–Trinajstić information content (AvgIpc) is 3.80. The van der Waals surface area contributed by atoms with Crippen molar-refractivity contribution in [1.82, 2.24) is 0 Å². The van der Waals surface area contributed by atoms with E-state index in [0.29, 0.717) is 0 Å². The molecule has 2 nitrogen and oxygen atoms in total. The van der Waals surface area contributed by atoms with Crippen molar-refractivity contribution in [2.24, 2.45) is 0 Å². The van der Waals surface area contributed by atoms with Gasteiger partial charge < -0.3 is 9.32 Å². The van der Waals surface area contributed by atoms with Gasteiger partial charge in [-0.1, -0.05) is 134 Å². The molecule has 8 aromatic rings. The van der Waals surface area contributed by atoms with Gasteiger partial charge in [0.2, 0.25) is 0 Å². The Morgan fingerprint density at radius 1 is 0.519 bits per heavy atom. The standard InChI is InChI=1S/C50H37NO/c1-3-4-22-44-33(2)39-19-8-11-23-45(39)50(44)46-24-12-9-20-40(46)41-28-26-38(32-47(41)50)51(36-18-14-17-35(30-36)34-15-6-5-7-16-34)37-27-29-49-43(31-37)42-21-10-13-25-48(42)52-49/h4-32H,3H2,1-2H3/b22-4-. The van der Waals surface area contributed by atoms with E-state index in [1.165, 1.54) is 55.7 Å². The molecule has 52 heavy (non-hydrogen) atoms. The zero-order valence-electron chi connectivity index (χ0n) is 29.3. The first-order valence-electron chi connectivity index (χ1n) is 18.3. The van der Waals surface area contributed by atoms with E-state index >= 15 is 0 Å². The summed E-state index contributed by atoms with van der Waals surface area (Å²) in [6.07, 6.45) is 5.70. The molecule has 0 fully saturated rings. The van der Waals surface area contributed by atoms with Crippen LogP contribution in [0.25, 0.3) is 49.8 Å². The SMILES string of the molecule is CC/C=C\C1=C(C)c2ccccc2C12c1ccccc1-c1ccc(N(c3cccc(-c4ccccc4)c3)c3ccc4oc5ccccc5c4c3)cc12. The molecular formula is C50H37NO. The van der Waals surface area contributed by atoms with Crippen molar-refractivity contribution in [1.29, 1.82) is 0 Å². The van der Waals surface area contributed by atoms with Crippen LogP contribution in [0.5, 0.6) is 0 Å². The first kappa shape index (κ1) is 30.4. The van der Waals surface area contributed by atoms with Gasteiger partial charge in [-0.2, -0.15) is 0 Å². The molecule has 10 rings (SSSR count). The van der Waals surface area contributed by atoms with Crippen molar-refractivity contribution in [2.75, 3.05) is 4.90 Å². The van der Waals surface area contributed by atoms with E-state index in [1.54, 1.807) is 0 Å². The van der Waals surface area contributed by atoms with Crippen molar-refractivity contribution >= 4 is 44.6 Å². The molecule has 2 aliphatic rings. The predicted octanol–water partition coefficient (Wildman–Crippen LogP) is 13.8. The van der Waals surface area contributed by atoms with Crippen LogP contribution in [0.1, 0.15) is 42.5 Å². The monoisotopic (exact) mass is 667 g/mol. The Hall–Kier alpha value is -6.38. The largest absolute Gasteiger partial charge is 0.456 e. The molecule has 0 bridgehead atoms. The van der Waals surface area contributed by atoms with Crippen molar-refractivity contribution in [3.8, 4) is 22.3 Å². The molecule has 1 spiro atoms. The van der Waals surface area contributed by atoms with E-state index in [2.05, 4.69) is 183 Å². The maximum absolute atomic E-state index is 6.29. The third-order valence-corrected chi connectivity index (χ3v) is 11.2. The van der Waals surface area contributed by atoms with Crippen LogP contribution in [-0.2, 0) is 5.41 Å². The molecular weight excluding hydrogens is 631 g/mol. The van der Waals surface area contributed by atoms with Crippen molar-refractivity contribution < 1.29 is 4.42 Å². The van der Waals surface area contributed by atoms with Gasteiger partial charge in [0.05, 0.1) is 5.41 Å². The number of nitrogens with zero attached hydrogens (tertiary/aromatic N) is 1. The lowest BCUT2D eigenvalue weighted by atomic mass is 9.69. The molecule has 1 aromatic heterocycles. The highest BCUT2D eigenvalue weighted by Crippen LogP contribution is 2.62. The molecule has 1 atom stereocenters. The van der Waals surface area contributed by atoms with Gasteiger partial charge in [-0.05, 0) is 118 Å². The molecule has 2 heteroatoms. The van der Waals surface area contributed by atoms with Crippen LogP contribution in [0, 0.1) is 0 Å². The van der Waals surface area contributed by atoms with E-state index in [1.807, 2.05) is 12.1 Å². The summed E-state index contributed by atoms with van der Waals surface area (Å²) in [5, 5.41) is 2.23. The highest BCUT2D eigenvalue weighted by atomic mass is 16.3. The molecule has 248 valence electrons. The van der Waals surface area contributed by atoms with Gasteiger partial charge in [-0.25, -0.2) is 0 Å². The molecule has 1 unspecified atom stereocenters. The molecule has 0 N–H and O–H groups in total. The van der Waals surface area contributed by atoms with Gasteiger partial charge in [0.25, 0.3) is 0 Å². The van der Waals surface area contributed by atoms with Crippen molar-refractivity contribution in [3.63, 3.8) is 0 Å². The molecule has 0 amide bonds. The maximum Gasteiger partial charge on any atom is 0.135 e. The smallest absolute Gasteiger partial charge is 0.135 e. The summed E-state index contributed by atoms with van der Waals surface area (Å²) >= 11 is 0. The number of rotatable bonds is 6.